The molecular weight excluding hydrogens is 495 g/mol. The highest BCUT2D eigenvalue weighted by atomic mass is 127. The topological polar surface area (TPSA) is 90.9 Å². The minimum Gasteiger partial charge on any atom is -0.379 e. The van der Waals surface area contributed by atoms with Crippen LogP contribution in [0.1, 0.15) is 32.4 Å². The van der Waals surface area contributed by atoms with Crippen LogP contribution in [0.25, 0.3) is 0 Å². The molecule has 1 amide bonds. The molecule has 0 radical (unpaired) electrons. The monoisotopic (exact) mass is 532 g/mol. The van der Waals surface area contributed by atoms with Crippen molar-refractivity contribution >= 4 is 41.7 Å². The quantitative estimate of drug-likeness (QED) is 0.257. The number of morpholine rings is 1. The van der Waals surface area contributed by atoms with E-state index in [1.807, 2.05) is 19.1 Å². The number of halogens is 1. The molecule has 1 unspecified atom stereocenters. The number of hydrogen-bond donors (Lipinski definition) is 3. The van der Waals surface area contributed by atoms with E-state index in [4.69, 9.17) is 4.74 Å². The summed E-state index contributed by atoms with van der Waals surface area (Å²) in [5.41, 5.74) is 0.877. The van der Waals surface area contributed by atoms with Gasteiger partial charge in [0.25, 0.3) is 0 Å². The zero-order chi connectivity index (χ0) is 21.1. The summed E-state index contributed by atoms with van der Waals surface area (Å²) in [5.74, 6) is 1.85. The minimum atomic E-state index is -0.0722. The van der Waals surface area contributed by atoms with Crippen LogP contribution < -0.4 is 16.0 Å². The second kappa shape index (κ2) is 14.5. The van der Waals surface area contributed by atoms with Crippen molar-refractivity contribution in [3.05, 3.63) is 23.9 Å². The minimum absolute atomic E-state index is 0. The Morgan fingerprint density at radius 3 is 2.63 bits per heavy atom. The molecule has 3 N–H and O–H groups in total. The van der Waals surface area contributed by atoms with Crippen LogP contribution in [0.5, 0.6) is 0 Å². The summed E-state index contributed by atoms with van der Waals surface area (Å²) in [6.07, 6.45) is 1.46. The molecule has 0 aromatic carbocycles. The van der Waals surface area contributed by atoms with E-state index in [2.05, 4.69) is 44.7 Å². The Morgan fingerprint density at radius 1 is 1.27 bits per heavy atom. The molecule has 1 aliphatic heterocycles. The summed E-state index contributed by atoms with van der Waals surface area (Å²) >= 11 is 0. The number of aliphatic imine (C=N–C) groups is 1. The first-order valence-corrected chi connectivity index (χ1v) is 10.5. The second-order valence-corrected chi connectivity index (χ2v) is 7.77. The molecule has 30 heavy (non-hydrogen) atoms. The second-order valence-electron chi connectivity index (χ2n) is 7.77. The van der Waals surface area contributed by atoms with E-state index in [0.717, 1.165) is 45.0 Å². The number of hydrogen-bond acceptors (Lipinski definition) is 5. The van der Waals surface area contributed by atoms with Crippen LogP contribution in [-0.4, -0.2) is 74.2 Å². The summed E-state index contributed by atoms with van der Waals surface area (Å²) in [4.78, 5) is 23.2. The number of nitrogens with zero attached hydrogens (tertiary/aromatic N) is 3. The number of anilines is 1. The van der Waals surface area contributed by atoms with Crippen LogP contribution in [0.2, 0.25) is 0 Å². The predicted molar refractivity (Wildman–Crippen MR) is 133 cm³/mol. The third kappa shape index (κ3) is 10.0. The molecule has 2 heterocycles. The highest BCUT2D eigenvalue weighted by Crippen LogP contribution is 2.13. The van der Waals surface area contributed by atoms with Gasteiger partial charge in [0.15, 0.2) is 5.96 Å². The van der Waals surface area contributed by atoms with Crippen LogP contribution in [0.3, 0.4) is 0 Å². The van der Waals surface area contributed by atoms with Crippen molar-refractivity contribution in [1.82, 2.24) is 20.5 Å². The van der Waals surface area contributed by atoms with E-state index >= 15 is 0 Å². The molecule has 0 bridgehead atoms. The average Bonchev–Trinajstić information content (AvgIpc) is 2.70. The maximum absolute atomic E-state index is 12.1. The van der Waals surface area contributed by atoms with Gasteiger partial charge in [0.1, 0.15) is 5.82 Å². The van der Waals surface area contributed by atoms with Crippen molar-refractivity contribution in [2.75, 3.05) is 51.8 Å². The fraction of sp³-hybridized carbons (Fsp3) is 0.667. The van der Waals surface area contributed by atoms with Crippen LogP contribution in [-0.2, 0) is 9.53 Å². The van der Waals surface area contributed by atoms with E-state index in [9.17, 15) is 4.79 Å². The van der Waals surface area contributed by atoms with Gasteiger partial charge in [-0.25, -0.2) is 4.98 Å². The van der Waals surface area contributed by atoms with Crippen LogP contribution >= 0.6 is 24.0 Å². The first kappa shape index (κ1) is 26.6. The van der Waals surface area contributed by atoms with Crippen molar-refractivity contribution in [2.24, 2.45) is 10.9 Å². The van der Waals surface area contributed by atoms with E-state index in [0.29, 0.717) is 36.7 Å². The molecular formula is C21H37IN6O2. The summed E-state index contributed by atoms with van der Waals surface area (Å²) in [7, 11) is 1.75. The number of carbonyl (C=O) groups excluding carboxylic acids is 1. The van der Waals surface area contributed by atoms with Crippen LogP contribution in [0, 0.1) is 12.8 Å². The zero-order valence-corrected chi connectivity index (χ0v) is 20.9. The predicted octanol–water partition coefficient (Wildman–Crippen LogP) is 2.25. The SMILES string of the molecule is CN=C(NCCC(=O)Nc1cccc(C)n1)NCC(CC(C)C)N1CCOCC1.I. The third-order valence-corrected chi connectivity index (χ3v) is 4.83. The Hall–Kier alpha value is -1.46. The molecule has 0 saturated carbocycles. The largest absolute Gasteiger partial charge is 0.379 e. The average molecular weight is 532 g/mol. The lowest BCUT2D eigenvalue weighted by atomic mass is 10.0. The highest BCUT2D eigenvalue weighted by Gasteiger charge is 2.22. The van der Waals surface area contributed by atoms with E-state index in [1.54, 1.807) is 13.1 Å². The molecule has 1 aromatic rings. The van der Waals surface area contributed by atoms with E-state index in [-0.39, 0.29) is 29.9 Å². The lowest BCUT2D eigenvalue weighted by Crippen LogP contribution is -2.51. The molecule has 2 rings (SSSR count). The molecule has 1 aromatic heterocycles. The van der Waals surface area contributed by atoms with Gasteiger partial charge >= 0.3 is 0 Å². The number of aryl methyl sites for hydroxylation is 1. The number of nitrogens with one attached hydrogen (secondary N) is 3. The number of carbonyl (C=O) groups is 1. The third-order valence-electron chi connectivity index (χ3n) is 4.83. The van der Waals surface area contributed by atoms with Gasteiger partial charge in [0.05, 0.1) is 13.2 Å². The Kier molecular flexibility index (Phi) is 12.9. The summed E-state index contributed by atoms with van der Waals surface area (Å²) in [5, 5.41) is 9.46. The van der Waals surface area contributed by atoms with Gasteiger partial charge in [-0.1, -0.05) is 19.9 Å². The number of pyridine rings is 1. The number of amides is 1. The van der Waals surface area contributed by atoms with E-state index < -0.39 is 0 Å². The normalized spacial score (nSPS) is 16.0. The van der Waals surface area contributed by atoms with Gasteiger partial charge in [0, 0.05) is 51.4 Å². The van der Waals surface area contributed by atoms with Gasteiger partial charge in [0.2, 0.25) is 5.91 Å². The number of aromatic nitrogens is 1. The Bertz CT molecular complexity index is 665. The summed E-state index contributed by atoms with van der Waals surface area (Å²) in [6.45, 7) is 11.3. The van der Waals surface area contributed by atoms with Gasteiger partial charge in [-0.3, -0.25) is 14.7 Å². The van der Waals surface area contributed by atoms with Crippen molar-refractivity contribution < 1.29 is 9.53 Å². The Morgan fingerprint density at radius 2 is 2.00 bits per heavy atom. The first-order valence-electron chi connectivity index (χ1n) is 10.5. The fourth-order valence-corrected chi connectivity index (χ4v) is 3.40. The van der Waals surface area contributed by atoms with Gasteiger partial charge in [-0.05, 0) is 31.4 Å². The van der Waals surface area contributed by atoms with Crippen molar-refractivity contribution in [3.8, 4) is 0 Å². The van der Waals surface area contributed by atoms with Crippen molar-refractivity contribution in [3.63, 3.8) is 0 Å². The maximum Gasteiger partial charge on any atom is 0.227 e. The van der Waals surface area contributed by atoms with Crippen LogP contribution in [0.4, 0.5) is 5.82 Å². The lowest BCUT2D eigenvalue weighted by molar-refractivity contribution is -0.116. The molecule has 1 aliphatic rings. The zero-order valence-electron chi connectivity index (χ0n) is 18.6. The standard InChI is InChI=1S/C21H36N6O2.HI/c1-16(2)14-18(27-10-12-29-13-11-27)15-24-21(22-4)23-9-8-20(28)26-19-7-5-6-17(3)25-19;/h5-7,16,18H,8-15H2,1-4H3,(H2,22,23,24)(H,25,26,28);1H. The molecule has 0 spiro atoms. The molecule has 1 atom stereocenters. The van der Waals surface area contributed by atoms with Gasteiger partial charge < -0.3 is 20.7 Å². The molecule has 1 saturated heterocycles. The molecule has 8 nitrogen and oxygen atoms in total. The van der Waals surface area contributed by atoms with Crippen molar-refractivity contribution in [2.45, 2.75) is 39.7 Å². The molecule has 0 aliphatic carbocycles. The lowest BCUT2D eigenvalue weighted by Gasteiger charge is -2.35. The van der Waals surface area contributed by atoms with Crippen LogP contribution in [0.15, 0.2) is 23.2 Å². The van der Waals surface area contributed by atoms with Crippen molar-refractivity contribution in [1.29, 1.82) is 0 Å². The maximum atomic E-state index is 12.1. The molecule has 1 fully saturated rings. The molecule has 170 valence electrons. The number of guanidine groups is 1. The summed E-state index contributed by atoms with van der Waals surface area (Å²) in [6, 6.07) is 6.01. The number of ether oxygens (including phenoxy) is 1. The first-order chi connectivity index (χ1) is 14.0. The van der Waals surface area contributed by atoms with E-state index in [1.165, 1.54) is 0 Å². The fourth-order valence-electron chi connectivity index (χ4n) is 3.40. The van der Waals surface area contributed by atoms with Gasteiger partial charge in [-0.15, -0.1) is 24.0 Å². The van der Waals surface area contributed by atoms with Gasteiger partial charge in [-0.2, -0.15) is 0 Å². The summed E-state index contributed by atoms with van der Waals surface area (Å²) < 4.78 is 5.49. The number of rotatable bonds is 9. The Labute approximate surface area is 197 Å². The smallest absolute Gasteiger partial charge is 0.227 e. The molecule has 9 heteroatoms. The highest BCUT2D eigenvalue weighted by molar-refractivity contribution is 14.0. The Balaban J connectivity index is 0.00000450.